The zero-order valence-corrected chi connectivity index (χ0v) is 18.4. The number of benzene rings is 1. The van der Waals surface area contributed by atoms with E-state index in [0.29, 0.717) is 33.2 Å². The number of nitriles is 1. The molecule has 8 heteroatoms. The molecule has 154 valence electrons. The second-order valence-electron chi connectivity index (χ2n) is 6.40. The Morgan fingerprint density at radius 1 is 1.23 bits per heavy atom. The van der Waals surface area contributed by atoms with Gasteiger partial charge in [0, 0.05) is 16.1 Å². The number of carbonyl (C=O) groups excluding carboxylic acids is 2. The lowest BCUT2D eigenvalue weighted by molar-refractivity contribution is -0.136. The van der Waals surface area contributed by atoms with Crippen LogP contribution in [-0.4, -0.2) is 31.7 Å². The molecule has 0 bridgehead atoms. The Hall–Kier alpha value is -3.02. The Bertz CT molecular complexity index is 1050. The highest BCUT2D eigenvalue weighted by atomic mass is 32.2. The number of rotatable bonds is 7. The van der Waals surface area contributed by atoms with Gasteiger partial charge in [-0.25, -0.2) is 4.79 Å². The van der Waals surface area contributed by atoms with E-state index in [0.717, 1.165) is 4.88 Å². The highest BCUT2D eigenvalue weighted by Crippen LogP contribution is 2.42. The molecule has 3 rings (SSSR count). The number of methoxy groups -OCH3 is 2. The van der Waals surface area contributed by atoms with Crippen LogP contribution in [0.15, 0.2) is 63.7 Å². The van der Waals surface area contributed by atoms with Crippen LogP contribution < -0.4 is 10.1 Å². The summed E-state index contributed by atoms with van der Waals surface area (Å²) in [6.45, 7) is 1.77. The van der Waals surface area contributed by atoms with E-state index in [1.165, 1.54) is 30.2 Å². The minimum absolute atomic E-state index is 0.0673. The quantitative estimate of drug-likeness (QED) is 0.509. The van der Waals surface area contributed by atoms with E-state index in [2.05, 4.69) is 11.4 Å². The number of thioether (sulfide) groups is 1. The fraction of sp³-hybridized carbons (Fsp3) is 0.227. The number of ketones is 1. The molecule has 0 amide bonds. The summed E-state index contributed by atoms with van der Waals surface area (Å²) in [5, 5.41) is 15.5. The van der Waals surface area contributed by atoms with Crippen molar-refractivity contribution in [1.29, 1.82) is 5.26 Å². The SMILES string of the molecule is COC(=O)C1=C(C)NC(SCC(=O)c2ccc(OC)cc2)=C(C#N)[C@H]1c1cccs1. The van der Waals surface area contributed by atoms with E-state index < -0.39 is 11.9 Å². The van der Waals surface area contributed by atoms with Gasteiger partial charge in [-0.15, -0.1) is 11.3 Å². The number of esters is 1. The Labute approximate surface area is 183 Å². The molecular formula is C22H20N2O4S2. The van der Waals surface area contributed by atoms with Crippen molar-refractivity contribution in [3.05, 3.63) is 74.1 Å². The van der Waals surface area contributed by atoms with Gasteiger partial charge in [0.1, 0.15) is 5.75 Å². The largest absolute Gasteiger partial charge is 0.497 e. The summed E-state index contributed by atoms with van der Waals surface area (Å²) in [6, 6.07) is 12.9. The molecular weight excluding hydrogens is 420 g/mol. The summed E-state index contributed by atoms with van der Waals surface area (Å²) in [7, 11) is 2.89. The highest BCUT2D eigenvalue weighted by molar-refractivity contribution is 8.03. The van der Waals surface area contributed by atoms with Gasteiger partial charge in [-0.2, -0.15) is 5.26 Å². The third-order valence-corrected chi connectivity index (χ3v) is 6.59. The average Bonchev–Trinajstić information content (AvgIpc) is 3.31. The number of carbonyl (C=O) groups is 2. The van der Waals surface area contributed by atoms with E-state index in [4.69, 9.17) is 9.47 Å². The van der Waals surface area contributed by atoms with Gasteiger partial charge in [0.05, 0.1) is 48.1 Å². The van der Waals surface area contributed by atoms with Crippen molar-refractivity contribution in [2.75, 3.05) is 20.0 Å². The van der Waals surface area contributed by atoms with E-state index in [1.807, 2.05) is 17.5 Å². The molecule has 1 aliphatic rings. The molecule has 0 aliphatic carbocycles. The maximum absolute atomic E-state index is 12.6. The standard InChI is InChI=1S/C22H20N2O4S2/c1-13-19(22(26)28-3)20(18-5-4-10-29-18)16(11-23)21(24-13)30-12-17(25)14-6-8-15(27-2)9-7-14/h4-10,20,24H,12H2,1-3H3/t20-/m0/s1. The average molecular weight is 441 g/mol. The molecule has 30 heavy (non-hydrogen) atoms. The normalized spacial score (nSPS) is 16.0. The maximum atomic E-state index is 12.6. The van der Waals surface area contributed by atoms with Crippen molar-refractivity contribution in [3.8, 4) is 11.8 Å². The number of thiophene rings is 1. The van der Waals surface area contributed by atoms with Crippen molar-refractivity contribution in [2.45, 2.75) is 12.8 Å². The van der Waals surface area contributed by atoms with Gasteiger partial charge < -0.3 is 14.8 Å². The topological polar surface area (TPSA) is 88.4 Å². The zero-order valence-electron chi connectivity index (χ0n) is 16.7. The summed E-state index contributed by atoms with van der Waals surface area (Å²) < 4.78 is 10.1. The summed E-state index contributed by atoms with van der Waals surface area (Å²) in [6.07, 6.45) is 0. The van der Waals surface area contributed by atoms with E-state index >= 15 is 0 Å². The molecule has 1 N–H and O–H groups in total. The first-order chi connectivity index (χ1) is 14.5. The van der Waals surface area contributed by atoms with Crippen LogP contribution in [0.4, 0.5) is 0 Å². The van der Waals surface area contributed by atoms with E-state index in [9.17, 15) is 14.9 Å². The predicted octanol–water partition coefficient (Wildman–Crippen LogP) is 4.24. The fourth-order valence-corrected chi connectivity index (χ4v) is 4.97. The number of ether oxygens (including phenoxy) is 2. The molecule has 1 aromatic heterocycles. The Morgan fingerprint density at radius 2 is 1.97 bits per heavy atom. The number of nitrogens with one attached hydrogen (secondary N) is 1. The highest BCUT2D eigenvalue weighted by Gasteiger charge is 2.36. The molecule has 2 heterocycles. The van der Waals surface area contributed by atoms with Crippen LogP contribution in [0, 0.1) is 11.3 Å². The molecule has 0 radical (unpaired) electrons. The van der Waals surface area contributed by atoms with Gasteiger partial charge in [0.15, 0.2) is 5.78 Å². The van der Waals surface area contributed by atoms with Gasteiger partial charge in [-0.3, -0.25) is 4.79 Å². The first-order valence-corrected chi connectivity index (χ1v) is 10.9. The Balaban J connectivity index is 1.88. The molecule has 0 fully saturated rings. The second-order valence-corrected chi connectivity index (χ2v) is 8.36. The Morgan fingerprint density at radius 3 is 2.53 bits per heavy atom. The van der Waals surface area contributed by atoms with Gasteiger partial charge in [-0.1, -0.05) is 17.8 Å². The number of allylic oxidation sites excluding steroid dienone is 2. The van der Waals surface area contributed by atoms with Crippen LogP contribution in [0.1, 0.15) is 28.1 Å². The van der Waals surface area contributed by atoms with Crippen molar-refractivity contribution in [3.63, 3.8) is 0 Å². The molecule has 0 saturated carbocycles. The Kier molecular flexibility index (Phi) is 6.98. The molecule has 0 unspecified atom stereocenters. The molecule has 0 saturated heterocycles. The first-order valence-electron chi connectivity index (χ1n) is 9.04. The second kappa shape index (κ2) is 9.65. The zero-order chi connectivity index (χ0) is 21.7. The maximum Gasteiger partial charge on any atom is 0.336 e. The van der Waals surface area contributed by atoms with Crippen LogP contribution in [-0.2, 0) is 9.53 Å². The van der Waals surface area contributed by atoms with Gasteiger partial charge in [0.2, 0.25) is 0 Å². The van der Waals surface area contributed by atoms with Crippen LogP contribution in [0.5, 0.6) is 5.75 Å². The van der Waals surface area contributed by atoms with Crippen LogP contribution in [0.2, 0.25) is 0 Å². The lowest BCUT2D eigenvalue weighted by atomic mass is 9.87. The molecule has 1 atom stereocenters. The van der Waals surface area contributed by atoms with Gasteiger partial charge >= 0.3 is 5.97 Å². The third kappa shape index (κ3) is 4.42. The molecule has 1 aromatic carbocycles. The third-order valence-electron chi connectivity index (χ3n) is 4.64. The van der Waals surface area contributed by atoms with Crippen molar-refractivity contribution >= 4 is 34.9 Å². The van der Waals surface area contributed by atoms with Crippen LogP contribution in [0.25, 0.3) is 0 Å². The van der Waals surface area contributed by atoms with Crippen LogP contribution >= 0.6 is 23.1 Å². The first kappa shape index (κ1) is 21.7. The van der Waals surface area contributed by atoms with Crippen molar-refractivity contribution in [1.82, 2.24) is 5.32 Å². The fourth-order valence-electron chi connectivity index (χ4n) is 3.14. The molecule has 1 aliphatic heterocycles. The lowest BCUT2D eigenvalue weighted by Crippen LogP contribution is -2.28. The number of Topliss-reactive ketones (excluding diaryl/α,β-unsaturated/α-hetero) is 1. The monoisotopic (exact) mass is 440 g/mol. The number of dihydropyridines is 1. The number of hydrogen-bond donors (Lipinski definition) is 1. The van der Waals surface area contributed by atoms with Gasteiger partial charge in [-0.05, 0) is 42.6 Å². The van der Waals surface area contributed by atoms with Crippen LogP contribution in [0.3, 0.4) is 0 Å². The summed E-state index contributed by atoms with van der Waals surface area (Å²) in [5.41, 5.74) is 1.98. The number of hydrogen-bond acceptors (Lipinski definition) is 8. The summed E-state index contributed by atoms with van der Waals surface area (Å²) in [4.78, 5) is 25.9. The van der Waals surface area contributed by atoms with E-state index in [1.54, 1.807) is 38.3 Å². The minimum atomic E-state index is -0.526. The van der Waals surface area contributed by atoms with Gasteiger partial charge in [0.25, 0.3) is 0 Å². The molecule has 6 nitrogen and oxygen atoms in total. The number of nitrogens with zero attached hydrogens (tertiary/aromatic N) is 1. The molecule has 0 spiro atoms. The molecule has 2 aromatic rings. The van der Waals surface area contributed by atoms with Crippen molar-refractivity contribution in [2.24, 2.45) is 0 Å². The smallest absolute Gasteiger partial charge is 0.336 e. The van der Waals surface area contributed by atoms with Crippen molar-refractivity contribution < 1.29 is 19.1 Å². The van der Waals surface area contributed by atoms with E-state index in [-0.39, 0.29) is 11.5 Å². The predicted molar refractivity (Wildman–Crippen MR) is 117 cm³/mol. The summed E-state index contributed by atoms with van der Waals surface area (Å²) in [5.74, 6) is -0.246. The minimum Gasteiger partial charge on any atom is -0.497 e. The summed E-state index contributed by atoms with van der Waals surface area (Å²) >= 11 is 2.72. The lowest BCUT2D eigenvalue weighted by Gasteiger charge is -2.28.